The van der Waals surface area contributed by atoms with Gasteiger partial charge >= 0.3 is 0 Å². The predicted molar refractivity (Wildman–Crippen MR) is 217 cm³/mol. The average molecular weight is 781 g/mol. The Labute approximate surface area is 335 Å². The molecule has 304 valence electrons. The molecule has 3 aromatic carbocycles. The van der Waals surface area contributed by atoms with Crippen molar-refractivity contribution < 1.29 is 33.4 Å². The van der Waals surface area contributed by atoms with E-state index in [1.54, 1.807) is 56.4 Å². The number of unbranched alkanes of at least 4 members (excludes halogenated alkanes) is 1. The maximum absolute atomic E-state index is 14.6. The highest BCUT2D eigenvalue weighted by molar-refractivity contribution is 6.00. The Hall–Kier alpha value is -5.42. The summed E-state index contributed by atoms with van der Waals surface area (Å²) in [5.41, 5.74) is 21.2. The van der Waals surface area contributed by atoms with E-state index in [1.165, 1.54) is 4.90 Å². The number of carbonyl (C=O) groups is 5. The maximum Gasteiger partial charge on any atom is 0.226 e. The lowest BCUT2D eigenvalue weighted by molar-refractivity contribution is -0.142. The van der Waals surface area contributed by atoms with Crippen molar-refractivity contribution in [1.82, 2.24) is 10.2 Å². The minimum Gasteiger partial charge on any atom is -0.492 e. The number of ketones is 3. The van der Waals surface area contributed by atoms with Gasteiger partial charge in [-0.3, -0.25) is 24.0 Å². The summed E-state index contributed by atoms with van der Waals surface area (Å²) in [4.78, 5) is 71.3. The summed E-state index contributed by atoms with van der Waals surface area (Å²) >= 11 is 0. The third-order valence-corrected chi connectivity index (χ3v) is 10.2. The molecule has 0 saturated heterocycles. The molecule has 2 amide bonds. The van der Waals surface area contributed by atoms with E-state index in [4.69, 9.17) is 26.7 Å². The number of carbonyl (C=O) groups excluding carboxylic acids is 5. The fourth-order valence-electron chi connectivity index (χ4n) is 7.06. The van der Waals surface area contributed by atoms with Crippen molar-refractivity contribution in [1.29, 1.82) is 5.26 Å². The van der Waals surface area contributed by atoms with E-state index in [0.717, 1.165) is 5.56 Å². The van der Waals surface area contributed by atoms with Gasteiger partial charge in [-0.2, -0.15) is 5.26 Å². The number of nitrogens with two attached hydrogens (primary N) is 3. The molecule has 4 rings (SSSR count). The first-order chi connectivity index (χ1) is 27.4. The van der Waals surface area contributed by atoms with Gasteiger partial charge in [-0.1, -0.05) is 55.3 Å². The van der Waals surface area contributed by atoms with Crippen LogP contribution in [0.5, 0.6) is 11.5 Å². The molecule has 1 heterocycles. The van der Waals surface area contributed by atoms with Gasteiger partial charge in [0.2, 0.25) is 11.8 Å². The molecule has 1 aliphatic heterocycles. The molecular formula is C44H56N6O7. The smallest absolute Gasteiger partial charge is 0.226 e. The average Bonchev–Trinajstić information content (AvgIpc) is 3.20. The molecule has 13 nitrogen and oxygen atoms in total. The molecule has 0 aliphatic carbocycles. The largest absolute Gasteiger partial charge is 0.492 e. The Bertz CT molecular complexity index is 1920. The number of nitrogens with zero attached hydrogens (tertiary/aromatic N) is 2. The number of benzene rings is 3. The van der Waals surface area contributed by atoms with E-state index in [0.29, 0.717) is 65.1 Å². The van der Waals surface area contributed by atoms with Crippen LogP contribution < -0.4 is 32.0 Å². The number of Topliss-reactive ketones (excluding diaryl/α,β-unsaturated/α-hetero) is 3. The van der Waals surface area contributed by atoms with E-state index in [9.17, 15) is 29.2 Å². The highest BCUT2D eigenvalue weighted by Crippen LogP contribution is 2.41. The monoisotopic (exact) mass is 780 g/mol. The normalized spacial score (nSPS) is 17.4. The van der Waals surface area contributed by atoms with Crippen LogP contribution in [0.1, 0.15) is 85.0 Å². The molecule has 57 heavy (non-hydrogen) atoms. The van der Waals surface area contributed by atoms with Gasteiger partial charge in [0.25, 0.3) is 0 Å². The van der Waals surface area contributed by atoms with Gasteiger partial charge in [0.15, 0.2) is 17.3 Å². The lowest BCUT2D eigenvalue weighted by Gasteiger charge is -2.32. The number of ether oxygens (including phenoxy) is 2. The van der Waals surface area contributed by atoms with Crippen LogP contribution in [0.4, 0.5) is 0 Å². The fraction of sp³-hybridized carbons (Fsp3) is 0.455. The van der Waals surface area contributed by atoms with Crippen LogP contribution in [-0.4, -0.2) is 80.0 Å². The molecule has 1 aliphatic rings. The number of aryl methyl sites for hydroxylation is 1. The predicted octanol–water partition coefficient (Wildman–Crippen LogP) is 4.36. The zero-order valence-corrected chi connectivity index (χ0v) is 33.3. The number of rotatable bonds is 18. The van der Waals surface area contributed by atoms with Crippen LogP contribution in [0, 0.1) is 30.1 Å². The van der Waals surface area contributed by atoms with Crippen LogP contribution in [0.2, 0.25) is 0 Å². The molecule has 7 N–H and O–H groups in total. The second-order valence-corrected chi connectivity index (χ2v) is 14.6. The molecule has 0 unspecified atom stereocenters. The van der Waals surface area contributed by atoms with E-state index in [-0.39, 0.29) is 70.0 Å². The molecule has 0 aromatic heterocycles. The summed E-state index contributed by atoms with van der Waals surface area (Å²) < 4.78 is 12.2. The molecule has 0 radical (unpaired) electrons. The van der Waals surface area contributed by atoms with Crippen molar-refractivity contribution in [3.05, 3.63) is 82.9 Å². The first kappa shape index (κ1) is 44.3. The Balaban J connectivity index is 1.89. The summed E-state index contributed by atoms with van der Waals surface area (Å²) in [6, 6.07) is 17.6. The molecule has 4 bridgehead atoms. The van der Waals surface area contributed by atoms with Gasteiger partial charge in [-0.25, -0.2) is 0 Å². The minimum atomic E-state index is -1.17. The van der Waals surface area contributed by atoms with Crippen molar-refractivity contribution in [2.75, 3.05) is 39.9 Å². The summed E-state index contributed by atoms with van der Waals surface area (Å²) in [5, 5.41) is 12.0. The number of hydrogen-bond donors (Lipinski definition) is 4. The summed E-state index contributed by atoms with van der Waals surface area (Å²) in [5.74, 6) is -2.57. The number of amides is 2. The number of nitriles is 1. The zero-order chi connectivity index (χ0) is 41.5. The molecule has 4 atom stereocenters. The number of fused-ring (bicyclic) bond motifs is 5. The second-order valence-electron chi connectivity index (χ2n) is 14.6. The van der Waals surface area contributed by atoms with Crippen LogP contribution in [-0.2, 0) is 25.6 Å². The topological polar surface area (TPSA) is 221 Å². The number of hydrogen-bond acceptors (Lipinski definition) is 11. The molecule has 0 fully saturated rings. The summed E-state index contributed by atoms with van der Waals surface area (Å²) in [6.45, 7) is 4.80. The number of likely N-dealkylation sites (N-methyl/N-ethyl adjacent to an activating group) is 1. The fourth-order valence-corrected chi connectivity index (χ4v) is 7.06. The Morgan fingerprint density at radius 2 is 1.54 bits per heavy atom. The van der Waals surface area contributed by atoms with Gasteiger partial charge in [-0.15, -0.1) is 0 Å². The summed E-state index contributed by atoms with van der Waals surface area (Å²) in [7, 11) is 1.55. The van der Waals surface area contributed by atoms with Crippen LogP contribution in [0.15, 0.2) is 60.7 Å². The third kappa shape index (κ3) is 12.0. The highest BCUT2D eigenvalue weighted by Gasteiger charge is 2.36. The maximum atomic E-state index is 14.6. The first-order valence-electron chi connectivity index (χ1n) is 19.6. The lowest BCUT2D eigenvalue weighted by atomic mass is 9.87. The molecule has 0 spiro atoms. The second kappa shape index (κ2) is 21.8. The Morgan fingerprint density at radius 1 is 0.895 bits per heavy atom. The van der Waals surface area contributed by atoms with Crippen molar-refractivity contribution in [3.63, 3.8) is 0 Å². The summed E-state index contributed by atoms with van der Waals surface area (Å²) in [6.07, 6.45) is 1.35. The van der Waals surface area contributed by atoms with Gasteiger partial charge in [0, 0.05) is 74.3 Å². The van der Waals surface area contributed by atoms with Crippen LogP contribution >= 0.6 is 0 Å². The van der Waals surface area contributed by atoms with Crippen molar-refractivity contribution in [3.8, 4) is 28.7 Å². The minimum absolute atomic E-state index is 0.0170. The highest BCUT2D eigenvalue weighted by atomic mass is 16.5. The van der Waals surface area contributed by atoms with E-state index in [2.05, 4.69) is 5.32 Å². The quantitative estimate of drug-likeness (QED) is 0.105. The first-order valence-corrected chi connectivity index (χ1v) is 19.6. The van der Waals surface area contributed by atoms with E-state index in [1.807, 2.05) is 31.2 Å². The van der Waals surface area contributed by atoms with Gasteiger partial charge in [0.05, 0.1) is 12.1 Å². The van der Waals surface area contributed by atoms with Crippen LogP contribution in [0.3, 0.4) is 0 Å². The molecule has 13 heteroatoms. The standard InChI is InChI=1S/C44H56N6O7/c1-28-9-12-31(13-10-28)38(52)27-33(7-4-5-17-45)44(55)50(3)42-32-14-16-41(57-22-20-48)35(26-32)34-24-30(11-15-40(34)56-21-19-47)25-36(37(51)8-6-18-46)49-43(54)29(2)23-39(42)53/h9-16,24,26,29,33,36,42H,4-8,17,19-23,25,27,45,47-48H2,1-3H3,(H,49,54)/t29-,33-,36+,42+/m1/s1. The lowest BCUT2D eigenvalue weighted by Crippen LogP contribution is -2.45. The van der Waals surface area contributed by atoms with Crippen molar-refractivity contribution in [2.45, 2.75) is 77.3 Å². The zero-order valence-electron chi connectivity index (χ0n) is 33.3. The van der Waals surface area contributed by atoms with E-state index >= 15 is 0 Å². The van der Waals surface area contributed by atoms with Gasteiger partial charge in [0.1, 0.15) is 30.8 Å². The van der Waals surface area contributed by atoms with Gasteiger partial charge in [-0.05, 0) is 68.1 Å². The molecule has 3 aromatic rings. The Morgan fingerprint density at radius 3 is 2.18 bits per heavy atom. The molecular weight excluding hydrogens is 725 g/mol. The van der Waals surface area contributed by atoms with Crippen LogP contribution in [0.25, 0.3) is 11.1 Å². The Kier molecular flexibility index (Phi) is 16.9. The van der Waals surface area contributed by atoms with E-state index < -0.39 is 41.5 Å². The SMILES string of the molecule is Cc1ccc(C(=O)C[C@@H](CCCCN)C(=O)N(C)[C@@H]2C(=O)C[C@@H](C)C(=O)N[C@H](C(=O)CCC#N)Cc3ccc(OCCN)c(c3)-c3cc2ccc3OCCN)cc1. The van der Waals surface area contributed by atoms with Crippen molar-refractivity contribution in [2.24, 2.45) is 29.0 Å². The van der Waals surface area contributed by atoms with Crippen molar-refractivity contribution >= 4 is 29.2 Å². The number of nitrogens with one attached hydrogen (secondary N) is 1. The molecule has 0 saturated carbocycles. The van der Waals surface area contributed by atoms with Gasteiger partial charge < -0.3 is 36.9 Å². The third-order valence-electron chi connectivity index (χ3n) is 10.2.